The third-order valence-electron chi connectivity index (χ3n) is 5.41. The average Bonchev–Trinajstić information content (AvgIpc) is 3.52. The molecule has 0 aliphatic rings. The van der Waals surface area contributed by atoms with Gasteiger partial charge in [0.2, 0.25) is 11.8 Å². The van der Waals surface area contributed by atoms with Crippen molar-refractivity contribution in [2.75, 3.05) is 7.11 Å². The van der Waals surface area contributed by atoms with Gasteiger partial charge in [0, 0.05) is 22.7 Å². The number of H-pyrrole nitrogens is 1. The maximum absolute atomic E-state index is 15.5. The van der Waals surface area contributed by atoms with Crippen LogP contribution in [0, 0.1) is 17.5 Å². The maximum Gasteiger partial charge on any atom is 0.245 e. The molecule has 3 aromatic heterocycles. The molecule has 0 aliphatic carbocycles. The van der Waals surface area contributed by atoms with Crippen LogP contribution in [0.2, 0.25) is 5.02 Å². The molecule has 13 heteroatoms. The normalized spacial score (nSPS) is 11.8. The van der Waals surface area contributed by atoms with Gasteiger partial charge in [0.15, 0.2) is 15.7 Å². The quantitative estimate of drug-likeness (QED) is 0.313. The Bertz CT molecular complexity index is 1720. The molecule has 0 saturated heterocycles. The molecule has 0 saturated carbocycles. The molecule has 2 aromatic carbocycles. The van der Waals surface area contributed by atoms with Crippen LogP contribution >= 0.6 is 11.6 Å². The van der Waals surface area contributed by atoms with E-state index in [9.17, 15) is 12.8 Å². The first kappa shape index (κ1) is 23.8. The summed E-state index contributed by atoms with van der Waals surface area (Å²) in [4.78, 5) is 7.42. The zero-order chi connectivity index (χ0) is 25.6. The predicted octanol–water partition coefficient (Wildman–Crippen LogP) is 5.33. The van der Waals surface area contributed by atoms with Gasteiger partial charge >= 0.3 is 0 Å². The van der Waals surface area contributed by atoms with Crippen molar-refractivity contribution in [3.05, 3.63) is 77.0 Å². The number of fused-ring (bicyclic) bond motifs is 1. The number of nitrogens with zero attached hydrogens (tertiary/aromatic N) is 3. The smallest absolute Gasteiger partial charge is 0.245 e. The van der Waals surface area contributed by atoms with Crippen molar-refractivity contribution in [1.82, 2.24) is 20.2 Å². The van der Waals surface area contributed by atoms with Crippen LogP contribution in [-0.2, 0) is 15.6 Å². The van der Waals surface area contributed by atoms with E-state index < -0.39 is 49.7 Å². The summed E-state index contributed by atoms with van der Waals surface area (Å²) in [6.07, 6.45) is 3.91. The molecule has 0 atom stereocenters. The second kappa shape index (κ2) is 8.95. The van der Waals surface area contributed by atoms with E-state index in [2.05, 4.69) is 20.2 Å². The summed E-state index contributed by atoms with van der Waals surface area (Å²) in [7, 11) is -3.03. The number of hydrogen-bond acceptors (Lipinski definition) is 7. The second-order valence-electron chi connectivity index (χ2n) is 7.57. The number of aromatic amines is 1. The lowest BCUT2D eigenvalue weighted by molar-refractivity contribution is 0.385. The fourth-order valence-electron chi connectivity index (χ4n) is 3.77. The number of methoxy groups -OCH3 is 1. The van der Waals surface area contributed by atoms with Gasteiger partial charge in [0.25, 0.3) is 0 Å². The Labute approximate surface area is 206 Å². The Hall–Kier alpha value is -3.90. The summed E-state index contributed by atoms with van der Waals surface area (Å²) in [6, 6.07) is 5.53. The van der Waals surface area contributed by atoms with Gasteiger partial charge in [0.1, 0.15) is 34.0 Å². The minimum absolute atomic E-state index is 0.0214. The molecule has 0 aliphatic heterocycles. The van der Waals surface area contributed by atoms with Crippen molar-refractivity contribution in [2.45, 2.75) is 10.6 Å². The number of ether oxygens (including phenoxy) is 1. The number of halogens is 4. The van der Waals surface area contributed by atoms with E-state index in [1.165, 1.54) is 37.9 Å². The van der Waals surface area contributed by atoms with Crippen LogP contribution in [0.25, 0.3) is 33.6 Å². The minimum Gasteiger partial charge on any atom is -0.480 e. The number of benzene rings is 2. The lowest BCUT2D eigenvalue weighted by Gasteiger charge is -2.13. The Balaban J connectivity index is 1.60. The van der Waals surface area contributed by atoms with Gasteiger partial charge in [-0.1, -0.05) is 23.7 Å². The van der Waals surface area contributed by atoms with Crippen LogP contribution < -0.4 is 4.74 Å². The number of pyridine rings is 1. The number of nitrogens with one attached hydrogen (secondary N) is 1. The molecule has 5 rings (SSSR count). The summed E-state index contributed by atoms with van der Waals surface area (Å²) < 4.78 is 82.0. The highest BCUT2D eigenvalue weighted by molar-refractivity contribution is 7.90. The first-order valence-electron chi connectivity index (χ1n) is 10.2. The molecule has 184 valence electrons. The lowest BCUT2D eigenvalue weighted by atomic mass is 9.99. The van der Waals surface area contributed by atoms with E-state index in [1.807, 2.05) is 0 Å². The van der Waals surface area contributed by atoms with Gasteiger partial charge in [-0.25, -0.2) is 31.6 Å². The average molecular weight is 535 g/mol. The highest BCUT2D eigenvalue weighted by Crippen LogP contribution is 2.37. The Morgan fingerprint density at radius 2 is 1.92 bits per heavy atom. The minimum atomic E-state index is -4.24. The highest BCUT2D eigenvalue weighted by Gasteiger charge is 2.27. The number of aromatic nitrogens is 4. The standard InChI is InChI=1S/C23H14ClF3N4O4S/c1-34-22-16(8-12(24)9-29-22)36(32,33)10-11-2-5-15(25)17(18(11)26)13-3-4-14-20(19(13)27)30-31-21(14)23-28-6-7-35-23/h2-9H,10H2,1H3,(H,30,31). The number of hydrogen-bond donors (Lipinski definition) is 1. The van der Waals surface area contributed by atoms with E-state index in [0.717, 1.165) is 18.2 Å². The first-order valence-corrected chi connectivity index (χ1v) is 12.2. The second-order valence-corrected chi connectivity index (χ2v) is 9.97. The van der Waals surface area contributed by atoms with Crippen molar-refractivity contribution in [1.29, 1.82) is 0 Å². The third kappa shape index (κ3) is 3.97. The van der Waals surface area contributed by atoms with E-state index in [-0.39, 0.29) is 38.3 Å². The zero-order valence-electron chi connectivity index (χ0n) is 18.2. The Morgan fingerprint density at radius 3 is 2.64 bits per heavy atom. The van der Waals surface area contributed by atoms with Gasteiger partial charge < -0.3 is 9.15 Å². The highest BCUT2D eigenvalue weighted by atomic mass is 35.5. The fraction of sp³-hybridized carbons (Fsp3) is 0.0870. The maximum atomic E-state index is 15.5. The van der Waals surface area contributed by atoms with E-state index in [0.29, 0.717) is 0 Å². The molecular formula is C23H14ClF3N4O4S. The molecule has 0 fully saturated rings. The Kier molecular flexibility index (Phi) is 5.92. The van der Waals surface area contributed by atoms with Crippen LogP contribution in [0.5, 0.6) is 5.88 Å². The summed E-state index contributed by atoms with van der Waals surface area (Å²) in [5, 5.41) is 6.79. The summed E-state index contributed by atoms with van der Waals surface area (Å²) >= 11 is 5.87. The van der Waals surface area contributed by atoms with Gasteiger partial charge in [-0.3, -0.25) is 5.10 Å². The molecule has 1 N–H and O–H groups in total. The fourth-order valence-corrected chi connectivity index (χ4v) is 5.49. The van der Waals surface area contributed by atoms with Gasteiger partial charge in [-0.2, -0.15) is 5.10 Å². The van der Waals surface area contributed by atoms with Crippen molar-refractivity contribution >= 4 is 32.3 Å². The van der Waals surface area contributed by atoms with Crippen molar-refractivity contribution < 1.29 is 30.7 Å². The molecule has 5 aromatic rings. The molecule has 0 radical (unpaired) electrons. The molecule has 0 spiro atoms. The van der Waals surface area contributed by atoms with Gasteiger partial charge in [-0.05, 0) is 18.2 Å². The van der Waals surface area contributed by atoms with Crippen molar-refractivity contribution in [2.24, 2.45) is 0 Å². The van der Waals surface area contributed by atoms with Crippen LogP contribution in [0.3, 0.4) is 0 Å². The molecule has 36 heavy (non-hydrogen) atoms. The zero-order valence-corrected chi connectivity index (χ0v) is 19.8. The largest absolute Gasteiger partial charge is 0.480 e. The van der Waals surface area contributed by atoms with Crippen LogP contribution in [0.1, 0.15) is 5.56 Å². The monoisotopic (exact) mass is 534 g/mol. The molecule has 0 unspecified atom stereocenters. The van der Waals surface area contributed by atoms with Crippen LogP contribution in [0.4, 0.5) is 13.2 Å². The van der Waals surface area contributed by atoms with E-state index in [4.69, 9.17) is 20.8 Å². The molecule has 3 heterocycles. The Morgan fingerprint density at radius 1 is 1.11 bits per heavy atom. The molecule has 0 amide bonds. The third-order valence-corrected chi connectivity index (χ3v) is 7.27. The topological polar surface area (TPSA) is 111 Å². The van der Waals surface area contributed by atoms with Crippen LogP contribution in [-0.4, -0.2) is 35.7 Å². The lowest BCUT2D eigenvalue weighted by Crippen LogP contribution is -2.10. The predicted molar refractivity (Wildman–Crippen MR) is 124 cm³/mol. The molecule has 8 nitrogen and oxygen atoms in total. The first-order chi connectivity index (χ1) is 17.2. The van der Waals surface area contributed by atoms with Gasteiger partial charge in [-0.15, -0.1) is 0 Å². The van der Waals surface area contributed by atoms with E-state index in [1.54, 1.807) is 0 Å². The van der Waals surface area contributed by atoms with Crippen molar-refractivity contribution in [3.63, 3.8) is 0 Å². The summed E-state index contributed by atoms with van der Waals surface area (Å²) in [5.41, 5.74) is -1.49. The van der Waals surface area contributed by atoms with Gasteiger partial charge in [0.05, 0.1) is 29.6 Å². The molecular weight excluding hydrogens is 521 g/mol. The number of sulfone groups is 1. The van der Waals surface area contributed by atoms with Crippen LogP contribution in [0.15, 0.2) is 58.3 Å². The summed E-state index contributed by atoms with van der Waals surface area (Å²) in [5.74, 6) is -4.31. The molecule has 0 bridgehead atoms. The van der Waals surface area contributed by atoms with Crippen molar-refractivity contribution in [3.8, 4) is 28.6 Å². The number of rotatable bonds is 6. The number of oxazole rings is 1. The van der Waals surface area contributed by atoms with E-state index >= 15 is 8.78 Å². The SMILES string of the molecule is COc1ncc(Cl)cc1S(=O)(=O)Cc1ccc(F)c(-c2ccc3c(-c4ncco4)[nH]nc3c2F)c1F. The summed E-state index contributed by atoms with van der Waals surface area (Å²) in [6.45, 7) is 0.